The lowest BCUT2D eigenvalue weighted by molar-refractivity contribution is 0.103. The highest BCUT2D eigenvalue weighted by atomic mass is 35.5. The molecule has 2 aromatic carbocycles. The van der Waals surface area contributed by atoms with Crippen LogP contribution in [-0.4, -0.2) is 5.78 Å². The van der Waals surface area contributed by atoms with E-state index < -0.39 is 0 Å². The highest BCUT2D eigenvalue weighted by Crippen LogP contribution is 2.18. The first-order valence-corrected chi connectivity index (χ1v) is 6.48. The fraction of sp³-hybridized carbons (Fsp3) is 0.188. The van der Waals surface area contributed by atoms with E-state index in [9.17, 15) is 4.79 Å². The summed E-state index contributed by atoms with van der Waals surface area (Å²) in [7, 11) is 0. The van der Waals surface area contributed by atoms with Gasteiger partial charge in [-0.1, -0.05) is 61.3 Å². The molecule has 2 heteroatoms. The summed E-state index contributed by atoms with van der Waals surface area (Å²) in [6.07, 6.45) is 1.95. The molecule has 0 atom stereocenters. The van der Waals surface area contributed by atoms with E-state index in [1.165, 1.54) is 0 Å². The van der Waals surface area contributed by atoms with Crippen molar-refractivity contribution in [1.82, 2.24) is 0 Å². The smallest absolute Gasteiger partial charge is 0.193 e. The summed E-state index contributed by atoms with van der Waals surface area (Å²) in [5, 5.41) is 0.592. The lowest BCUT2D eigenvalue weighted by atomic mass is 9.96. The van der Waals surface area contributed by atoms with E-state index in [-0.39, 0.29) is 5.78 Å². The van der Waals surface area contributed by atoms with Gasteiger partial charge >= 0.3 is 0 Å². The van der Waals surface area contributed by atoms with Crippen molar-refractivity contribution in [3.8, 4) is 0 Å². The molecule has 0 saturated heterocycles. The fourth-order valence-electron chi connectivity index (χ4n) is 2.01. The van der Waals surface area contributed by atoms with Gasteiger partial charge in [0.2, 0.25) is 0 Å². The van der Waals surface area contributed by atoms with Crippen molar-refractivity contribution < 1.29 is 4.79 Å². The molecule has 0 heterocycles. The first kappa shape index (κ1) is 12.8. The lowest BCUT2D eigenvalue weighted by Crippen LogP contribution is -2.05. The number of halogens is 1. The highest BCUT2D eigenvalue weighted by Gasteiger charge is 2.12. The normalized spacial score (nSPS) is 10.3. The van der Waals surface area contributed by atoms with Gasteiger partial charge in [-0.2, -0.15) is 0 Å². The predicted octanol–water partition coefficient (Wildman–Crippen LogP) is 4.52. The molecule has 0 N–H and O–H groups in total. The van der Waals surface area contributed by atoms with E-state index in [1.807, 2.05) is 24.3 Å². The number of carbonyl (C=O) groups is 1. The Morgan fingerprint density at radius 3 is 2.61 bits per heavy atom. The topological polar surface area (TPSA) is 17.1 Å². The Labute approximate surface area is 112 Å². The van der Waals surface area contributed by atoms with Gasteiger partial charge in [0, 0.05) is 16.1 Å². The first-order valence-electron chi connectivity index (χ1n) is 6.10. The van der Waals surface area contributed by atoms with Crippen molar-refractivity contribution in [2.45, 2.75) is 19.8 Å². The van der Waals surface area contributed by atoms with Crippen molar-refractivity contribution in [3.05, 3.63) is 70.2 Å². The molecule has 0 radical (unpaired) electrons. The monoisotopic (exact) mass is 258 g/mol. The zero-order valence-corrected chi connectivity index (χ0v) is 11.1. The molecule has 0 spiro atoms. The number of ketones is 1. The Kier molecular flexibility index (Phi) is 4.16. The molecule has 0 bridgehead atoms. The van der Waals surface area contributed by atoms with Crippen LogP contribution in [0.4, 0.5) is 0 Å². The van der Waals surface area contributed by atoms with E-state index in [1.54, 1.807) is 24.3 Å². The molecule has 0 aliphatic rings. The second-order valence-corrected chi connectivity index (χ2v) is 4.68. The summed E-state index contributed by atoms with van der Waals surface area (Å²) in [5.41, 5.74) is 2.53. The molecular weight excluding hydrogens is 244 g/mol. The molecule has 0 saturated carbocycles. The van der Waals surface area contributed by atoms with E-state index >= 15 is 0 Å². The summed E-state index contributed by atoms with van der Waals surface area (Å²) in [6.45, 7) is 2.11. The lowest BCUT2D eigenvalue weighted by Gasteiger charge is -2.07. The van der Waals surface area contributed by atoms with Crippen molar-refractivity contribution in [2.24, 2.45) is 0 Å². The average molecular weight is 259 g/mol. The Hall–Kier alpha value is -1.60. The summed E-state index contributed by atoms with van der Waals surface area (Å²) in [4.78, 5) is 12.4. The number of carbonyl (C=O) groups excluding carboxylic acids is 1. The molecule has 0 aliphatic heterocycles. The molecule has 0 aliphatic carbocycles. The maximum Gasteiger partial charge on any atom is 0.193 e. The van der Waals surface area contributed by atoms with E-state index in [2.05, 4.69) is 6.92 Å². The van der Waals surface area contributed by atoms with Crippen LogP contribution in [0.15, 0.2) is 48.5 Å². The van der Waals surface area contributed by atoms with Crippen molar-refractivity contribution in [2.75, 3.05) is 0 Å². The van der Waals surface area contributed by atoms with Gasteiger partial charge in [0.1, 0.15) is 0 Å². The summed E-state index contributed by atoms with van der Waals surface area (Å²) in [6, 6.07) is 14.9. The first-order chi connectivity index (χ1) is 8.72. The van der Waals surface area contributed by atoms with Crippen molar-refractivity contribution in [1.29, 1.82) is 0 Å². The third kappa shape index (κ3) is 2.80. The van der Waals surface area contributed by atoms with Crippen LogP contribution in [0.25, 0.3) is 0 Å². The molecule has 92 valence electrons. The number of aryl methyl sites for hydroxylation is 1. The minimum absolute atomic E-state index is 0.0431. The van der Waals surface area contributed by atoms with Crippen LogP contribution in [0.2, 0.25) is 5.02 Å². The van der Waals surface area contributed by atoms with Crippen LogP contribution in [-0.2, 0) is 6.42 Å². The molecule has 2 rings (SSSR count). The molecule has 0 aromatic heterocycles. The molecular formula is C16H15ClO. The maximum atomic E-state index is 12.4. The Morgan fingerprint density at radius 2 is 1.89 bits per heavy atom. The van der Waals surface area contributed by atoms with Gasteiger partial charge in [0.25, 0.3) is 0 Å². The van der Waals surface area contributed by atoms with Crippen LogP contribution >= 0.6 is 11.6 Å². The number of hydrogen-bond acceptors (Lipinski definition) is 1. The van der Waals surface area contributed by atoms with Crippen LogP contribution in [0.1, 0.15) is 34.8 Å². The summed E-state index contributed by atoms with van der Waals surface area (Å²) < 4.78 is 0. The maximum absolute atomic E-state index is 12.4. The Morgan fingerprint density at radius 1 is 1.11 bits per heavy atom. The molecule has 0 amide bonds. The van der Waals surface area contributed by atoms with E-state index in [0.717, 1.165) is 24.0 Å². The number of hydrogen-bond donors (Lipinski definition) is 0. The van der Waals surface area contributed by atoms with Gasteiger partial charge in [-0.15, -0.1) is 0 Å². The zero-order chi connectivity index (χ0) is 13.0. The quantitative estimate of drug-likeness (QED) is 0.737. The van der Waals surface area contributed by atoms with Crippen molar-refractivity contribution >= 4 is 17.4 Å². The molecule has 0 fully saturated rings. The van der Waals surface area contributed by atoms with Crippen molar-refractivity contribution in [3.63, 3.8) is 0 Å². The average Bonchev–Trinajstić information content (AvgIpc) is 2.39. The number of benzene rings is 2. The van der Waals surface area contributed by atoms with Gasteiger partial charge in [0.15, 0.2) is 5.78 Å². The predicted molar refractivity (Wildman–Crippen MR) is 75.3 cm³/mol. The Balaban J connectivity index is 2.40. The summed E-state index contributed by atoms with van der Waals surface area (Å²) in [5.74, 6) is 0.0431. The third-order valence-corrected chi connectivity index (χ3v) is 3.10. The second kappa shape index (κ2) is 5.83. The Bertz CT molecular complexity index is 561. The van der Waals surface area contributed by atoms with Gasteiger partial charge in [-0.3, -0.25) is 4.79 Å². The largest absolute Gasteiger partial charge is 0.289 e. The molecule has 18 heavy (non-hydrogen) atoms. The minimum atomic E-state index is 0.0431. The molecule has 0 unspecified atom stereocenters. The minimum Gasteiger partial charge on any atom is -0.289 e. The van der Waals surface area contributed by atoms with Gasteiger partial charge in [-0.05, 0) is 24.1 Å². The van der Waals surface area contributed by atoms with Gasteiger partial charge < -0.3 is 0 Å². The second-order valence-electron chi connectivity index (χ2n) is 4.25. The van der Waals surface area contributed by atoms with Crippen LogP contribution < -0.4 is 0 Å². The van der Waals surface area contributed by atoms with Crippen LogP contribution in [0.5, 0.6) is 0 Å². The van der Waals surface area contributed by atoms with Gasteiger partial charge in [-0.25, -0.2) is 0 Å². The summed E-state index contributed by atoms with van der Waals surface area (Å²) >= 11 is 5.93. The number of rotatable bonds is 4. The van der Waals surface area contributed by atoms with Crippen LogP contribution in [0, 0.1) is 0 Å². The standard InChI is InChI=1S/C16H15ClO/c1-2-6-12-7-3-4-10-15(12)16(18)13-8-5-9-14(17)11-13/h3-5,7-11H,2,6H2,1H3. The van der Waals surface area contributed by atoms with E-state index in [0.29, 0.717) is 10.6 Å². The zero-order valence-electron chi connectivity index (χ0n) is 10.3. The highest BCUT2D eigenvalue weighted by molar-refractivity contribution is 6.31. The van der Waals surface area contributed by atoms with Gasteiger partial charge in [0.05, 0.1) is 0 Å². The molecule has 1 nitrogen and oxygen atoms in total. The third-order valence-electron chi connectivity index (χ3n) is 2.87. The van der Waals surface area contributed by atoms with Crippen LogP contribution in [0.3, 0.4) is 0 Å². The molecule has 2 aromatic rings. The van der Waals surface area contributed by atoms with E-state index in [4.69, 9.17) is 11.6 Å². The fourth-order valence-corrected chi connectivity index (χ4v) is 2.20. The SMILES string of the molecule is CCCc1ccccc1C(=O)c1cccc(Cl)c1.